The fourth-order valence-corrected chi connectivity index (χ4v) is 3.13. The molecule has 2 rings (SSSR count). The van der Waals surface area contributed by atoms with Gasteiger partial charge in [0.15, 0.2) is 5.78 Å². The molecule has 1 aromatic rings. The van der Waals surface area contributed by atoms with Gasteiger partial charge in [-0.25, -0.2) is 0 Å². The molecular weight excluding hydrogens is 308 g/mol. The number of allylic oxidation sites excluding steroid dienone is 1. The van der Waals surface area contributed by atoms with Crippen molar-refractivity contribution in [3.63, 3.8) is 0 Å². The molecule has 1 aliphatic heterocycles. The van der Waals surface area contributed by atoms with Gasteiger partial charge in [-0.15, -0.1) is 0 Å². The van der Waals surface area contributed by atoms with Crippen molar-refractivity contribution in [2.75, 3.05) is 18.4 Å². The van der Waals surface area contributed by atoms with Crippen molar-refractivity contribution >= 4 is 11.5 Å². The van der Waals surface area contributed by atoms with E-state index in [1.54, 1.807) is 0 Å². The molecule has 0 bridgehead atoms. The summed E-state index contributed by atoms with van der Waals surface area (Å²) in [6.45, 7) is 15.1. The van der Waals surface area contributed by atoms with Crippen LogP contribution in [0.4, 0.5) is 5.69 Å². The third kappa shape index (κ3) is 4.87. The van der Waals surface area contributed by atoms with E-state index in [1.165, 1.54) is 6.42 Å². The highest BCUT2D eigenvalue weighted by Gasteiger charge is 2.35. The largest absolute Gasteiger partial charge is 0.385 e. The van der Waals surface area contributed by atoms with Gasteiger partial charge in [0.2, 0.25) is 0 Å². The minimum atomic E-state index is -0.0864. The Balaban J connectivity index is 2.20. The Labute approximate surface area is 153 Å². The van der Waals surface area contributed by atoms with Crippen LogP contribution in [0, 0.1) is 5.41 Å². The molecule has 1 N–H and O–H groups in total. The molecule has 25 heavy (non-hydrogen) atoms. The van der Waals surface area contributed by atoms with Crippen molar-refractivity contribution in [2.24, 2.45) is 5.41 Å². The summed E-state index contributed by atoms with van der Waals surface area (Å²) in [6, 6.07) is 7.93. The Morgan fingerprint density at radius 3 is 2.40 bits per heavy atom. The normalized spacial score (nSPS) is 17.2. The minimum Gasteiger partial charge on any atom is -0.385 e. The van der Waals surface area contributed by atoms with Crippen molar-refractivity contribution in [3.8, 4) is 0 Å². The Morgan fingerprint density at radius 1 is 1.20 bits per heavy atom. The summed E-state index contributed by atoms with van der Waals surface area (Å²) >= 11 is 0. The molecule has 1 heterocycles. The second-order valence-corrected chi connectivity index (χ2v) is 8.73. The number of Topliss-reactive ketones (excluding diaryl/α,β-unsaturated/α-hetero) is 1. The lowest BCUT2D eigenvalue weighted by Gasteiger charge is -2.43. The summed E-state index contributed by atoms with van der Waals surface area (Å²) in [5.41, 5.74) is 2.72. The van der Waals surface area contributed by atoms with Crippen LogP contribution in [0.2, 0.25) is 0 Å². The van der Waals surface area contributed by atoms with E-state index in [2.05, 4.69) is 58.0 Å². The van der Waals surface area contributed by atoms with Gasteiger partial charge in [-0.05, 0) is 63.3 Å². The Bertz CT molecular complexity index is 620. The maximum Gasteiger partial charge on any atom is 0.191 e. The number of benzene rings is 1. The molecule has 3 heteroatoms. The Hall–Kier alpha value is -1.77. The molecule has 0 saturated carbocycles. The predicted molar refractivity (Wildman–Crippen MR) is 107 cm³/mol. The molecule has 138 valence electrons. The third-order valence-electron chi connectivity index (χ3n) is 5.10. The lowest BCUT2D eigenvalue weighted by atomic mass is 9.75. The van der Waals surface area contributed by atoms with E-state index in [4.69, 9.17) is 0 Å². The van der Waals surface area contributed by atoms with Gasteiger partial charge in [0.25, 0.3) is 0 Å². The summed E-state index contributed by atoms with van der Waals surface area (Å²) in [4.78, 5) is 15.4. The van der Waals surface area contributed by atoms with Crippen molar-refractivity contribution in [3.05, 3.63) is 41.6 Å². The van der Waals surface area contributed by atoms with Gasteiger partial charge in [0.05, 0.1) is 0 Å². The van der Waals surface area contributed by atoms with Crippen molar-refractivity contribution in [1.82, 2.24) is 4.90 Å². The number of nitrogens with one attached hydrogen (secondary N) is 1. The second-order valence-electron chi connectivity index (χ2n) is 8.73. The van der Waals surface area contributed by atoms with Crippen LogP contribution in [0.1, 0.15) is 71.2 Å². The average Bonchev–Trinajstić information content (AvgIpc) is 2.54. The van der Waals surface area contributed by atoms with Crippen LogP contribution in [0.3, 0.4) is 0 Å². The quantitative estimate of drug-likeness (QED) is 0.547. The van der Waals surface area contributed by atoms with E-state index in [1.807, 2.05) is 24.3 Å². The summed E-state index contributed by atoms with van der Waals surface area (Å²) in [5, 5.41) is 3.40. The fourth-order valence-electron chi connectivity index (χ4n) is 3.13. The average molecular weight is 343 g/mol. The van der Waals surface area contributed by atoms with Crippen LogP contribution >= 0.6 is 0 Å². The summed E-state index contributed by atoms with van der Waals surface area (Å²) < 4.78 is 0. The highest BCUT2D eigenvalue weighted by atomic mass is 16.1. The van der Waals surface area contributed by atoms with E-state index >= 15 is 0 Å². The monoisotopic (exact) mass is 342 g/mol. The SMILES string of the molecule is CCCCNc1ccc(C(=O)C2=CN(C(C)(C)C)CCC2(C)C)cc1. The summed E-state index contributed by atoms with van der Waals surface area (Å²) in [7, 11) is 0. The molecule has 0 fully saturated rings. The minimum absolute atomic E-state index is 0.0368. The first-order valence-corrected chi connectivity index (χ1v) is 9.53. The van der Waals surface area contributed by atoms with Crippen LogP contribution in [0.5, 0.6) is 0 Å². The van der Waals surface area contributed by atoms with Crippen molar-refractivity contribution in [2.45, 2.75) is 66.3 Å². The first kappa shape index (κ1) is 19.6. The van der Waals surface area contributed by atoms with Gasteiger partial charge in [-0.3, -0.25) is 4.79 Å². The molecule has 3 nitrogen and oxygen atoms in total. The zero-order chi connectivity index (χ0) is 18.7. The third-order valence-corrected chi connectivity index (χ3v) is 5.10. The molecular formula is C22H34N2O. The molecule has 0 amide bonds. The molecule has 0 radical (unpaired) electrons. The number of carbonyl (C=O) groups excluding carboxylic acids is 1. The molecule has 1 aliphatic rings. The molecule has 0 aliphatic carbocycles. The maximum atomic E-state index is 13.1. The van der Waals surface area contributed by atoms with Gasteiger partial charge in [-0.2, -0.15) is 0 Å². The smallest absolute Gasteiger partial charge is 0.191 e. The number of hydrogen-bond acceptors (Lipinski definition) is 3. The highest BCUT2D eigenvalue weighted by molar-refractivity contribution is 6.09. The van der Waals surface area contributed by atoms with Crippen molar-refractivity contribution in [1.29, 1.82) is 0 Å². The van der Waals surface area contributed by atoms with Crippen LogP contribution in [-0.2, 0) is 0 Å². The molecule has 0 spiro atoms. The Kier molecular flexibility index (Phi) is 5.97. The number of hydrogen-bond donors (Lipinski definition) is 1. The molecule has 0 saturated heterocycles. The number of unbranched alkanes of at least 4 members (excludes halogenated alkanes) is 1. The van der Waals surface area contributed by atoms with Crippen molar-refractivity contribution < 1.29 is 4.79 Å². The van der Waals surface area contributed by atoms with Crippen LogP contribution < -0.4 is 5.32 Å². The lowest BCUT2D eigenvalue weighted by Crippen LogP contribution is -2.44. The lowest BCUT2D eigenvalue weighted by molar-refractivity contribution is 0.0964. The number of anilines is 1. The number of ketones is 1. The predicted octanol–water partition coefficient (Wildman–Crippen LogP) is 5.50. The summed E-state index contributed by atoms with van der Waals surface area (Å²) in [6.07, 6.45) is 5.43. The van der Waals surface area contributed by atoms with Gasteiger partial charge in [0, 0.05) is 41.7 Å². The highest BCUT2D eigenvalue weighted by Crippen LogP contribution is 2.38. The van der Waals surface area contributed by atoms with Gasteiger partial charge < -0.3 is 10.2 Å². The first-order valence-electron chi connectivity index (χ1n) is 9.53. The second kappa shape index (κ2) is 7.63. The molecule has 0 atom stereocenters. The zero-order valence-electron chi connectivity index (χ0n) is 16.8. The standard InChI is InChI=1S/C22H34N2O/c1-7-8-14-23-18-11-9-17(10-12-18)20(25)19-16-24(21(2,3)4)15-13-22(19,5)6/h9-12,16,23H,7-8,13-15H2,1-6H3. The topological polar surface area (TPSA) is 32.3 Å². The number of nitrogens with zero attached hydrogens (tertiary/aromatic N) is 1. The molecule has 0 unspecified atom stereocenters. The molecule has 1 aromatic carbocycles. The Morgan fingerprint density at radius 2 is 1.84 bits per heavy atom. The number of carbonyl (C=O) groups is 1. The summed E-state index contributed by atoms with van der Waals surface area (Å²) in [5.74, 6) is 0.152. The van der Waals surface area contributed by atoms with E-state index in [0.717, 1.165) is 42.8 Å². The van der Waals surface area contributed by atoms with Crippen LogP contribution in [-0.4, -0.2) is 29.3 Å². The molecule has 0 aromatic heterocycles. The van der Waals surface area contributed by atoms with E-state index < -0.39 is 0 Å². The van der Waals surface area contributed by atoms with E-state index in [9.17, 15) is 4.79 Å². The van der Waals surface area contributed by atoms with Gasteiger partial charge >= 0.3 is 0 Å². The maximum absolute atomic E-state index is 13.1. The van der Waals surface area contributed by atoms with Gasteiger partial charge in [-0.1, -0.05) is 27.2 Å². The first-order chi connectivity index (χ1) is 11.6. The van der Waals surface area contributed by atoms with E-state index in [-0.39, 0.29) is 16.7 Å². The van der Waals surface area contributed by atoms with Crippen LogP contribution in [0.15, 0.2) is 36.0 Å². The zero-order valence-corrected chi connectivity index (χ0v) is 16.8. The van der Waals surface area contributed by atoms with Crippen LogP contribution in [0.25, 0.3) is 0 Å². The fraction of sp³-hybridized carbons (Fsp3) is 0.591. The number of rotatable bonds is 6. The van der Waals surface area contributed by atoms with Gasteiger partial charge in [0.1, 0.15) is 0 Å². The van der Waals surface area contributed by atoms with E-state index in [0.29, 0.717) is 0 Å².